The third-order valence-corrected chi connectivity index (χ3v) is 4.25. The van der Waals surface area contributed by atoms with E-state index in [1.807, 2.05) is 30.3 Å². The van der Waals surface area contributed by atoms with Crippen LogP contribution in [-0.2, 0) is 19.1 Å². The van der Waals surface area contributed by atoms with E-state index < -0.39 is 36.4 Å². The number of carbonyl (C=O) groups excluding carboxylic acids is 2. The van der Waals surface area contributed by atoms with E-state index in [1.54, 1.807) is 36.4 Å². The van der Waals surface area contributed by atoms with Crippen molar-refractivity contribution >= 4 is 18.0 Å². The summed E-state index contributed by atoms with van der Waals surface area (Å²) in [4.78, 5) is 23.8. The number of hydrogen-bond acceptors (Lipinski definition) is 6. The Kier molecular flexibility index (Phi) is 6.37. The first-order valence-electron chi connectivity index (χ1n) is 8.78. The molecule has 0 aliphatic carbocycles. The molecule has 0 aromatic heterocycles. The number of aliphatic hydroxyl groups excluding tert-OH is 2. The van der Waals surface area contributed by atoms with Crippen LogP contribution in [0.15, 0.2) is 78.9 Å². The Morgan fingerprint density at radius 1 is 1.07 bits per heavy atom. The van der Waals surface area contributed by atoms with Gasteiger partial charge in [-0.2, -0.15) is 0 Å². The topological polar surface area (TPSA) is 93.1 Å². The molecule has 2 aromatic carbocycles. The summed E-state index contributed by atoms with van der Waals surface area (Å²) in [5, 5.41) is 20.8. The van der Waals surface area contributed by atoms with Gasteiger partial charge in [0.2, 0.25) is 0 Å². The minimum atomic E-state index is -1.46. The van der Waals surface area contributed by atoms with Gasteiger partial charge < -0.3 is 19.7 Å². The van der Waals surface area contributed by atoms with Crippen LogP contribution in [0.4, 0.5) is 0 Å². The first-order valence-corrected chi connectivity index (χ1v) is 8.78. The van der Waals surface area contributed by atoms with Gasteiger partial charge in [0.1, 0.15) is 12.2 Å². The number of benzene rings is 2. The second kappa shape index (κ2) is 9.12. The SMILES string of the molecule is O=C1C=C[C@H](O)[C@H]([C@H](O)[C@H](OC(=O)C=Cc2ccccc2)c2ccccc2)O1. The Bertz CT molecular complexity index is 859. The van der Waals surface area contributed by atoms with Crippen molar-refractivity contribution in [3.05, 3.63) is 90.0 Å². The summed E-state index contributed by atoms with van der Waals surface area (Å²) in [6, 6.07) is 17.8. The van der Waals surface area contributed by atoms with E-state index in [0.29, 0.717) is 5.56 Å². The van der Waals surface area contributed by atoms with Crippen LogP contribution in [0, 0.1) is 0 Å². The number of carbonyl (C=O) groups is 2. The van der Waals surface area contributed by atoms with Gasteiger partial charge in [0.15, 0.2) is 12.2 Å². The molecule has 0 spiro atoms. The van der Waals surface area contributed by atoms with Crippen molar-refractivity contribution < 1.29 is 29.3 Å². The first-order chi connectivity index (χ1) is 13.5. The lowest BCUT2D eigenvalue weighted by Gasteiger charge is -2.32. The Labute approximate surface area is 162 Å². The summed E-state index contributed by atoms with van der Waals surface area (Å²) in [6.07, 6.45) is 0.106. The quantitative estimate of drug-likeness (QED) is 0.589. The van der Waals surface area contributed by atoms with Crippen molar-refractivity contribution in [2.75, 3.05) is 0 Å². The van der Waals surface area contributed by atoms with Gasteiger partial charge in [0.05, 0.1) is 0 Å². The first kappa shape index (κ1) is 19.5. The molecule has 0 amide bonds. The Morgan fingerprint density at radius 2 is 1.71 bits per heavy atom. The van der Waals surface area contributed by atoms with E-state index in [1.165, 1.54) is 12.2 Å². The monoisotopic (exact) mass is 380 g/mol. The van der Waals surface area contributed by atoms with E-state index in [0.717, 1.165) is 11.6 Å². The largest absolute Gasteiger partial charge is 0.453 e. The Balaban J connectivity index is 1.79. The maximum Gasteiger partial charge on any atom is 0.331 e. The fourth-order valence-corrected chi connectivity index (χ4v) is 2.84. The third kappa shape index (κ3) is 4.94. The minimum absolute atomic E-state index is 0.509. The zero-order valence-corrected chi connectivity index (χ0v) is 14.9. The van der Waals surface area contributed by atoms with Crippen molar-refractivity contribution in [2.45, 2.75) is 24.4 Å². The number of cyclic esters (lactones) is 1. The molecule has 28 heavy (non-hydrogen) atoms. The summed E-state index contributed by atoms with van der Waals surface area (Å²) in [7, 11) is 0. The molecule has 0 saturated heterocycles. The second-order valence-electron chi connectivity index (χ2n) is 6.25. The summed E-state index contributed by atoms with van der Waals surface area (Å²) >= 11 is 0. The molecule has 2 aromatic rings. The third-order valence-electron chi connectivity index (χ3n) is 4.25. The van der Waals surface area contributed by atoms with Gasteiger partial charge in [-0.05, 0) is 23.3 Å². The Hall–Kier alpha value is -3.22. The van der Waals surface area contributed by atoms with Gasteiger partial charge in [-0.3, -0.25) is 0 Å². The van der Waals surface area contributed by atoms with E-state index in [2.05, 4.69) is 0 Å². The molecule has 6 nitrogen and oxygen atoms in total. The number of ether oxygens (including phenoxy) is 2. The molecule has 2 N–H and O–H groups in total. The van der Waals surface area contributed by atoms with Crippen LogP contribution in [0.5, 0.6) is 0 Å². The zero-order valence-electron chi connectivity index (χ0n) is 14.9. The predicted molar refractivity (Wildman–Crippen MR) is 102 cm³/mol. The molecule has 3 rings (SSSR count). The molecule has 0 bridgehead atoms. The summed E-state index contributed by atoms with van der Waals surface area (Å²) in [5.74, 6) is -1.36. The molecule has 1 aliphatic heterocycles. The van der Waals surface area contributed by atoms with Crippen molar-refractivity contribution in [3.63, 3.8) is 0 Å². The van der Waals surface area contributed by atoms with Gasteiger partial charge in [-0.1, -0.05) is 60.7 Å². The number of aliphatic hydroxyl groups is 2. The van der Waals surface area contributed by atoms with Crippen LogP contribution in [-0.4, -0.2) is 40.5 Å². The fraction of sp³-hybridized carbons (Fsp3) is 0.182. The summed E-state index contributed by atoms with van der Waals surface area (Å²) in [6.45, 7) is 0. The average molecular weight is 380 g/mol. The molecule has 0 saturated carbocycles. The number of esters is 2. The normalized spacial score (nSPS) is 21.1. The predicted octanol–water partition coefficient (Wildman–Crippen LogP) is 2.19. The fourth-order valence-electron chi connectivity index (χ4n) is 2.84. The minimum Gasteiger partial charge on any atom is -0.453 e. The van der Waals surface area contributed by atoms with Crippen LogP contribution in [0.2, 0.25) is 0 Å². The van der Waals surface area contributed by atoms with Gasteiger partial charge >= 0.3 is 11.9 Å². The molecule has 0 radical (unpaired) electrons. The van der Waals surface area contributed by atoms with Crippen LogP contribution >= 0.6 is 0 Å². The van der Waals surface area contributed by atoms with Crippen LogP contribution in [0.1, 0.15) is 17.2 Å². The van der Waals surface area contributed by atoms with Crippen molar-refractivity contribution in [2.24, 2.45) is 0 Å². The maximum atomic E-state index is 12.3. The highest BCUT2D eigenvalue weighted by Crippen LogP contribution is 2.28. The molecular formula is C22H20O6. The lowest BCUT2D eigenvalue weighted by Crippen LogP contribution is -2.46. The Morgan fingerprint density at radius 3 is 2.39 bits per heavy atom. The van der Waals surface area contributed by atoms with Crippen molar-refractivity contribution in [1.82, 2.24) is 0 Å². The average Bonchev–Trinajstić information content (AvgIpc) is 2.73. The molecule has 0 fully saturated rings. The van der Waals surface area contributed by atoms with Gasteiger partial charge in [-0.25, -0.2) is 9.59 Å². The van der Waals surface area contributed by atoms with E-state index in [-0.39, 0.29) is 0 Å². The number of rotatable bonds is 6. The highest BCUT2D eigenvalue weighted by molar-refractivity contribution is 5.87. The van der Waals surface area contributed by atoms with Crippen molar-refractivity contribution in [3.8, 4) is 0 Å². The van der Waals surface area contributed by atoms with Gasteiger partial charge in [0.25, 0.3) is 0 Å². The van der Waals surface area contributed by atoms with Gasteiger partial charge in [-0.15, -0.1) is 0 Å². The molecule has 144 valence electrons. The highest BCUT2D eigenvalue weighted by atomic mass is 16.6. The van der Waals surface area contributed by atoms with Crippen LogP contribution < -0.4 is 0 Å². The zero-order chi connectivity index (χ0) is 19.9. The molecular weight excluding hydrogens is 360 g/mol. The number of hydrogen-bond donors (Lipinski definition) is 2. The summed E-state index contributed by atoms with van der Waals surface area (Å²) in [5.41, 5.74) is 1.33. The lowest BCUT2D eigenvalue weighted by atomic mass is 9.96. The molecule has 1 aliphatic rings. The summed E-state index contributed by atoms with van der Waals surface area (Å²) < 4.78 is 10.5. The second-order valence-corrected chi connectivity index (χ2v) is 6.25. The maximum absolute atomic E-state index is 12.3. The van der Waals surface area contributed by atoms with E-state index in [9.17, 15) is 19.8 Å². The lowest BCUT2D eigenvalue weighted by molar-refractivity contribution is -0.175. The smallest absolute Gasteiger partial charge is 0.331 e. The van der Waals surface area contributed by atoms with Crippen LogP contribution in [0.3, 0.4) is 0 Å². The van der Waals surface area contributed by atoms with Crippen LogP contribution in [0.25, 0.3) is 6.08 Å². The molecule has 4 atom stereocenters. The highest BCUT2D eigenvalue weighted by Gasteiger charge is 2.39. The van der Waals surface area contributed by atoms with E-state index in [4.69, 9.17) is 9.47 Å². The molecule has 6 heteroatoms. The standard InChI is InChI=1S/C22H20O6/c23-17-12-14-19(25)28-22(17)20(26)21(16-9-5-2-6-10-16)27-18(24)13-11-15-7-3-1-4-8-15/h1-14,17,20-23,26H/t17-,20+,21+,22+/m0/s1. The van der Waals surface area contributed by atoms with Gasteiger partial charge in [0, 0.05) is 12.2 Å². The molecule has 1 heterocycles. The van der Waals surface area contributed by atoms with Crippen molar-refractivity contribution in [1.29, 1.82) is 0 Å². The van der Waals surface area contributed by atoms with E-state index >= 15 is 0 Å². The molecule has 0 unspecified atom stereocenters.